The summed E-state index contributed by atoms with van der Waals surface area (Å²) in [5.41, 5.74) is 0.744. The van der Waals surface area contributed by atoms with E-state index in [2.05, 4.69) is 5.32 Å². The van der Waals surface area contributed by atoms with Crippen LogP contribution < -0.4 is 5.32 Å². The van der Waals surface area contributed by atoms with E-state index in [0.29, 0.717) is 19.4 Å². The molecular formula is C20H25N3O3S2. The minimum Gasteiger partial charge on any atom is -0.325 e. The molecule has 1 aliphatic heterocycles. The van der Waals surface area contributed by atoms with Gasteiger partial charge in [-0.1, -0.05) is 42.1 Å². The third kappa shape index (κ3) is 4.94. The lowest BCUT2D eigenvalue weighted by Crippen LogP contribution is -2.47. The van der Waals surface area contributed by atoms with Crippen LogP contribution in [-0.4, -0.2) is 50.1 Å². The van der Waals surface area contributed by atoms with E-state index in [1.807, 2.05) is 54.6 Å². The minimum absolute atomic E-state index is 0.139. The summed E-state index contributed by atoms with van der Waals surface area (Å²) in [7, 11) is -0.486. The second-order valence-corrected chi connectivity index (χ2v) is 10.1. The second kappa shape index (κ2) is 9.09. The van der Waals surface area contributed by atoms with E-state index in [9.17, 15) is 13.2 Å². The summed E-state index contributed by atoms with van der Waals surface area (Å²) in [6, 6.07) is 17.6. The Labute approximate surface area is 171 Å². The fraction of sp³-hybridized carbons (Fsp3) is 0.350. The predicted octanol–water partition coefficient (Wildman–Crippen LogP) is 3.29. The fourth-order valence-corrected chi connectivity index (χ4v) is 5.22. The van der Waals surface area contributed by atoms with Crippen molar-refractivity contribution in [2.45, 2.75) is 22.6 Å². The minimum atomic E-state index is -3.51. The third-order valence-electron chi connectivity index (χ3n) is 4.66. The molecule has 1 aliphatic rings. The van der Waals surface area contributed by atoms with Crippen LogP contribution in [-0.2, 0) is 15.0 Å². The van der Waals surface area contributed by atoms with Gasteiger partial charge in [-0.3, -0.25) is 4.79 Å². The first-order valence-electron chi connectivity index (χ1n) is 9.18. The zero-order chi connectivity index (χ0) is 20.1. The van der Waals surface area contributed by atoms with Gasteiger partial charge in [-0.05, 0) is 37.1 Å². The average molecular weight is 420 g/mol. The molecule has 0 aromatic heterocycles. The summed E-state index contributed by atoms with van der Waals surface area (Å²) >= 11 is 1.58. The van der Waals surface area contributed by atoms with E-state index in [1.165, 1.54) is 22.7 Å². The molecule has 8 heteroatoms. The number of rotatable bonds is 6. The summed E-state index contributed by atoms with van der Waals surface area (Å²) in [5, 5.41) is 3.01. The number of nitrogens with one attached hydrogen (secondary N) is 1. The van der Waals surface area contributed by atoms with Crippen LogP contribution in [0.2, 0.25) is 0 Å². The Balaban J connectivity index is 1.71. The summed E-state index contributed by atoms with van der Waals surface area (Å²) in [5.74, 6) is -0.502. The third-order valence-corrected chi connectivity index (χ3v) is 7.65. The number of piperidine rings is 1. The largest absolute Gasteiger partial charge is 0.325 e. The number of benzene rings is 2. The molecule has 2 aromatic rings. The molecule has 0 aliphatic carbocycles. The molecule has 1 heterocycles. The summed E-state index contributed by atoms with van der Waals surface area (Å²) in [6.45, 7) is 0.658. The Morgan fingerprint density at radius 3 is 2.50 bits per heavy atom. The molecular weight excluding hydrogens is 394 g/mol. The number of hydrogen-bond donors (Lipinski definition) is 1. The molecule has 150 valence electrons. The van der Waals surface area contributed by atoms with Gasteiger partial charge in [0.1, 0.15) is 0 Å². The Kier molecular flexibility index (Phi) is 6.77. The van der Waals surface area contributed by atoms with Crippen molar-refractivity contribution in [2.75, 3.05) is 32.5 Å². The molecule has 1 amide bonds. The zero-order valence-corrected chi connectivity index (χ0v) is 17.7. The highest BCUT2D eigenvalue weighted by atomic mass is 32.2. The molecule has 0 unspecified atom stereocenters. The number of para-hydroxylation sites is 1. The molecule has 0 bridgehead atoms. The molecule has 2 aromatic carbocycles. The molecule has 1 N–H and O–H groups in total. The number of anilines is 1. The highest BCUT2D eigenvalue weighted by Gasteiger charge is 2.33. The predicted molar refractivity (Wildman–Crippen MR) is 113 cm³/mol. The van der Waals surface area contributed by atoms with E-state index in [0.717, 1.165) is 15.5 Å². The number of carbonyl (C=O) groups excluding carboxylic acids is 1. The van der Waals surface area contributed by atoms with E-state index < -0.39 is 10.2 Å². The van der Waals surface area contributed by atoms with Gasteiger partial charge in [-0.2, -0.15) is 17.0 Å². The van der Waals surface area contributed by atoms with Crippen LogP contribution in [0.4, 0.5) is 5.69 Å². The van der Waals surface area contributed by atoms with Gasteiger partial charge in [-0.15, -0.1) is 0 Å². The highest BCUT2D eigenvalue weighted by molar-refractivity contribution is 7.99. The van der Waals surface area contributed by atoms with Gasteiger partial charge in [0.15, 0.2) is 0 Å². The number of carbonyl (C=O) groups is 1. The molecule has 1 atom stereocenters. The van der Waals surface area contributed by atoms with Crippen molar-refractivity contribution in [1.82, 2.24) is 8.61 Å². The first kappa shape index (κ1) is 20.9. The van der Waals surface area contributed by atoms with Gasteiger partial charge >= 0.3 is 0 Å². The van der Waals surface area contributed by atoms with E-state index in [-0.39, 0.29) is 18.4 Å². The normalized spacial score (nSPS) is 18.2. The van der Waals surface area contributed by atoms with Crippen molar-refractivity contribution >= 4 is 33.6 Å². The number of hydrogen-bond acceptors (Lipinski definition) is 4. The van der Waals surface area contributed by atoms with Crippen molar-refractivity contribution < 1.29 is 13.2 Å². The maximum atomic E-state index is 12.9. The summed E-state index contributed by atoms with van der Waals surface area (Å²) in [4.78, 5) is 14.9. The van der Waals surface area contributed by atoms with E-state index in [4.69, 9.17) is 0 Å². The summed E-state index contributed by atoms with van der Waals surface area (Å²) < 4.78 is 27.4. The molecule has 3 rings (SSSR count). The van der Waals surface area contributed by atoms with Crippen LogP contribution in [0, 0.1) is 5.92 Å². The number of amides is 1. The highest BCUT2D eigenvalue weighted by Crippen LogP contribution is 2.33. The first-order valence-corrected chi connectivity index (χ1v) is 11.4. The Hall–Kier alpha value is -1.87. The molecule has 0 radical (unpaired) electrons. The Bertz CT molecular complexity index is 917. The SMILES string of the molecule is CN(C)S(=O)(=O)N1CCC[C@@H](C(=O)Nc2ccccc2Sc2ccccc2)C1. The topological polar surface area (TPSA) is 69.7 Å². The molecule has 1 fully saturated rings. The van der Waals surface area contributed by atoms with Gasteiger partial charge < -0.3 is 5.32 Å². The summed E-state index contributed by atoms with van der Waals surface area (Å²) in [6.07, 6.45) is 1.35. The monoisotopic (exact) mass is 419 g/mol. The molecule has 0 spiro atoms. The fourth-order valence-electron chi connectivity index (χ4n) is 3.11. The maximum absolute atomic E-state index is 12.9. The zero-order valence-electron chi connectivity index (χ0n) is 16.0. The van der Waals surface area contributed by atoms with Gasteiger partial charge in [-0.25, -0.2) is 0 Å². The maximum Gasteiger partial charge on any atom is 0.281 e. The number of nitrogens with zero attached hydrogens (tertiary/aromatic N) is 2. The lowest BCUT2D eigenvalue weighted by atomic mass is 9.99. The molecule has 28 heavy (non-hydrogen) atoms. The standard InChI is InChI=1S/C20H25N3O3S2/c1-22(2)28(25,26)23-14-8-9-16(15-23)20(24)21-18-12-6-7-13-19(18)27-17-10-4-3-5-11-17/h3-7,10-13,16H,8-9,14-15H2,1-2H3,(H,21,24)/t16-/m1/s1. The quantitative estimate of drug-likeness (QED) is 0.780. The van der Waals surface area contributed by atoms with Crippen molar-refractivity contribution in [3.8, 4) is 0 Å². The van der Waals surface area contributed by atoms with Crippen LogP contribution in [0.1, 0.15) is 12.8 Å². The van der Waals surface area contributed by atoms with Crippen LogP contribution in [0.3, 0.4) is 0 Å². The van der Waals surface area contributed by atoms with Crippen molar-refractivity contribution in [1.29, 1.82) is 0 Å². The second-order valence-electron chi connectivity index (χ2n) is 6.89. The van der Waals surface area contributed by atoms with E-state index in [1.54, 1.807) is 11.8 Å². The van der Waals surface area contributed by atoms with Crippen molar-refractivity contribution in [2.24, 2.45) is 5.92 Å². The molecule has 0 saturated carbocycles. The van der Waals surface area contributed by atoms with Gasteiger partial charge in [0.25, 0.3) is 10.2 Å². The average Bonchev–Trinajstić information content (AvgIpc) is 2.70. The van der Waals surface area contributed by atoms with E-state index >= 15 is 0 Å². The van der Waals surface area contributed by atoms with Crippen LogP contribution in [0.25, 0.3) is 0 Å². The van der Waals surface area contributed by atoms with Gasteiger partial charge in [0.2, 0.25) is 5.91 Å². The van der Waals surface area contributed by atoms with Gasteiger partial charge in [0, 0.05) is 37.0 Å². The smallest absolute Gasteiger partial charge is 0.281 e. The van der Waals surface area contributed by atoms with Crippen LogP contribution in [0.15, 0.2) is 64.4 Å². The lowest BCUT2D eigenvalue weighted by Gasteiger charge is -2.32. The molecule has 6 nitrogen and oxygen atoms in total. The first-order chi connectivity index (χ1) is 13.4. The van der Waals surface area contributed by atoms with Crippen molar-refractivity contribution in [3.63, 3.8) is 0 Å². The van der Waals surface area contributed by atoms with Crippen LogP contribution in [0.5, 0.6) is 0 Å². The Morgan fingerprint density at radius 1 is 1.11 bits per heavy atom. The molecule has 1 saturated heterocycles. The Morgan fingerprint density at radius 2 is 1.79 bits per heavy atom. The van der Waals surface area contributed by atoms with Crippen molar-refractivity contribution in [3.05, 3.63) is 54.6 Å². The lowest BCUT2D eigenvalue weighted by molar-refractivity contribution is -0.120. The van der Waals surface area contributed by atoms with Crippen LogP contribution >= 0.6 is 11.8 Å². The van der Waals surface area contributed by atoms with Gasteiger partial charge in [0.05, 0.1) is 11.6 Å².